The average Bonchev–Trinajstić information content (AvgIpc) is 2.86. The van der Waals surface area contributed by atoms with E-state index in [0.717, 1.165) is 32.7 Å². The normalized spacial score (nSPS) is 14.4. The van der Waals surface area contributed by atoms with Crippen LogP contribution in [0.4, 0.5) is 0 Å². The average molecular weight is 514 g/mol. The third-order valence-corrected chi connectivity index (χ3v) is 6.11. The smallest absolute Gasteiger partial charge is 0.175 e. The van der Waals surface area contributed by atoms with Crippen molar-refractivity contribution in [3.8, 4) is 23.0 Å². The summed E-state index contributed by atoms with van der Waals surface area (Å²) in [4.78, 5) is 0. The number of halogens is 1. The van der Waals surface area contributed by atoms with Crippen LogP contribution < -0.4 is 24.3 Å². The van der Waals surface area contributed by atoms with Crippen LogP contribution in [0.3, 0.4) is 0 Å². The molecule has 7 heteroatoms. The summed E-state index contributed by atoms with van der Waals surface area (Å²) in [6.45, 7) is 4.02. The van der Waals surface area contributed by atoms with E-state index in [4.69, 9.17) is 18.9 Å². The van der Waals surface area contributed by atoms with Crippen molar-refractivity contribution in [3.05, 3.63) is 81.8 Å². The minimum atomic E-state index is -0.592. The van der Waals surface area contributed by atoms with Gasteiger partial charge >= 0.3 is 0 Å². The Morgan fingerprint density at radius 3 is 2.52 bits per heavy atom. The largest absolute Gasteiger partial charge is 0.493 e. The van der Waals surface area contributed by atoms with E-state index in [9.17, 15) is 5.11 Å². The Morgan fingerprint density at radius 1 is 1.00 bits per heavy atom. The maximum atomic E-state index is 10.6. The van der Waals surface area contributed by atoms with Gasteiger partial charge in [-0.1, -0.05) is 36.4 Å². The fraction of sp³-hybridized carbons (Fsp3) is 0.308. The van der Waals surface area contributed by atoms with E-state index >= 15 is 0 Å². The van der Waals surface area contributed by atoms with Gasteiger partial charge < -0.3 is 29.4 Å². The Balaban J connectivity index is 1.40. The molecule has 0 saturated heterocycles. The molecule has 6 nitrogen and oxygen atoms in total. The van der Waals surface area contributed by atoms with E-state index in [1.54, 1.807) is 7.11 Å². The Hall–Kier alpha value is -2.74. The molecule has 174 valence electrons. The van der Waals surface area contributed by atoms with Crippen LogP contribution in [-0.4, -0.2) is 31.5 Å². The van der Waals surface area contributed by atoms with Crippen LogP contribution >= 0.6 is 15.9 Å². The van der Waals surface area contributed by atoms with Crippen molar-refractivity contribution in [2.45, 2.75) is 32.2 Å². The van der Waals surface area contributed by atoms with Gasteiger partial charge in [0.05, 0.1) is 17.7 Å². The number of methoxy groups -OCH3 is 1. The van der Waals surface area contributed by atoms with Crippen molar-refractivity contribution in [2.24, 2.45) is 0 Å². The van der Waals surface area contributed by atoms with Gasteiger partial charge in [0.1, 0.15) is 19.8 Å². The highest BCUT2D eigenvalue weighted by Gasteiger charge is 2.18. The predicted octanol–water partition coefficient (Wildman–Crippen LogP) is 5.02. The van der Waals surface area contributed by atoms with Gasteiger partial charge in [0.15, 0.2) is 23.0 Å². The summed E-state index contributed by atoms with van der Waals surface area (Å²) in [5, 5.41) is 14.0. The van der Waals surface area contributed by atoms with Gasteiger partial charge in [0, 0.05) is 12.6 Å². The summed E-state index contributed by atoms with van der Waals surface area (Å²) in [5.41, 5.74) is 2.87. The van der Waals surface area contributed by atoms with Crippen LogP contribution in [0.25, 0.3) is 0 Å². The number of aliphatic hydroxyl groups is 1. The maximum absolute atomic E-state index is 10.6. The second-order valence-corrected chi connectivity index (χ2v) is 8.76. The van der Waals surface area contributed by atoms with Gasteiger partial charge in [-0.05, 0) is 63.8 Å². The van der Waals surface area contributed by atoms with E-state index in [1.807, 2.05) is 67.6 Å². The minimum absolute atomic E-state index is 0.122. The highest BCUT2D eigenvalue weighted by atomic mass is 79.9. The molecular weight excluding hydrogens is 486 g/mol. The van der Waals surface area contributed by atoms with Crippen molar-refractivity contribution in [3.63, 3.8) is 0 Å². The summed E-state index contributed by atoms with van der Waals surface area (Å²) in [6, 6.07) is 19.3. The summed E-state index contributed by atoms with van der Waals surface area (Å²) in [5.74, 6) is 2.76. The van der Waals surface area contributed by atoms with Gasteiger partial charge in [-0.3, -0.25) is 0 Å². The summed E-state index contributed by atoms with van der Waals surface area (Å²) >= 11 is 3.62. The first-order valence-corrected chi connectivity index (χ1v) is 11.7. The number of benzene rings is 3. The standard InChI is InChI=1S/C26H28BrNO5/c1-17(25(29)20-6-4-3-5-7-20)28-15-19-12-21(27)26(24(14-19)30-2)33-16-18-8-9-22-23(13-18)32-11-10-31-22/h3-9,12-14,17,25,28-29H,10-11,15-16H2,1-2H3. The molecule has 2 atom stereocenters. The molecule has 0 aliphatic carbocycles. The van der Waals surface area contributed by atoms with Crippen molar-refractivity contribution in [1.29, 1.82) is 0 Å². The van der Waals surface area contributed by atoms with Crippen molar-refractivity contribution < 1.29 is 24.1 Å². The molecule has 3 aromatic carbocycles. The summed E-state index contributed by atoms with van der Waals surface area (Å²) in [6.07, 6.45) is -0.592. The number of fused-ring (bicyclic) bond motifs is 1. The fourth-order valence-electron chi connectivity index (χ4n) is 3.68. The molecule has 33 heavy (non-hydrogen) atoms. The van der Waals surface area contributed by atoms with Crippen molar-refractivity contribution in [1.82, 2.24) is 5.32 Å². The molecule has 3 aromatic rings. The van der Waals surface area contributed by atoms with E-state index in [2.05, 4.69) is 21.2 Å². The zero-order chi connectivity index (χ0) is 23.2. The van der Waals surface area contributed by atoms with Gasteiger partial charge in [-0.15, -0.1) is 0 Å². The molecule has 0 bridgehead atoms. The molecule has 2 unspecified atom stereocenters. The lowest BCUT2D eigenvalue weighted by atomic mass is 10.0. The van der Waals surface area contributed by atoms with Crippen LogP contribution in [0.5, 0.6) is 23.0 Å². The number of aliphatic hydroxyl groups excluding tert-OH is 1. The molecule has 1 aliphatic heterocycles. The van der Waals surface area contributed by atoms with Crippen LogP contribution in [-0.2, 0) is 13.2 Å². The van der Waals surface area contributed by atoms with Gasteiger partial charge in [0.25, 0.3) is 0 Å². The molecule has 0 fully saturated rings. The summed E-state index contributed by atoms with van der Waals surface area (Å²) in [7, 11) is 1.62. The Bertz CT molecular complexity index is 1080. The molecule has 0 saturated carbocycles. The van der Waals surface area contributed by atoms with Gasteiger partial charge in [-0.25, -0.2) is 0 Å². The topological polar surface area (TPSA) is 69.2 Å². The molecule has 0 spiro atoms. The quantitative estimate of drug-likeness (QED) is 0.418. The van der Waals surface area contributed by atoms with E-state index in [0.29, 0.717) is 37.9 Å². The number of hydrogen-bond donors (Lipinski definition) is 2. The molecule has 1 aliphatic rings. The van der Waals surface area contributed by atoms with Crippen LogP contribution in [0, 0.1) is 0 Å². The molecule has 2 N–H and O–H groups in total. The number of hydrogen-bond acceptors (Lipinski definition) is 6. The summed E-state index contributed by atoms with van der Waals surface area (Å²) < 4.78 is 23.7. The molecular formula is C26H28BrNO5. The Morgan fingerprint density at radius 2 is 1.76 bits per heavy atom. The molecule has 0 aromatic heterocycles. The zero-order valence-corrected chi connectivity index (χ0v) is 20.3. The molecule has 1 heterocycles. The van der Waals surface area contributed by atoms with Crippen molar-refractivity contribution in [2.75, 3.05) is 20.3 Å². The highest BCUT2D eigenvalue weighted by molar-refractivity contribution is 9.10. The van der Waals surface area contributed by atoms with Crippen LogP contribution in [0.1, 0.15) is 29.7 Å². The van der Waals surface area contributed by atoms with Crippen molar-refractivity contribution >= 4 is 15.9 Å². The predicted molar refractivity (Wildman–Crippen MR) is 130 cm³/mol. The first kappa shape index (κ1) is 23.4. The fourth-order valence-corrected chi connectivity index (χ4v) is 4.28. The monoisotopic (exact) mass is 513 g/mol. The van der Waals surface area contributed by atoms with E-state index < -0.39 is 6.10 Å². The van der Waals surface area contributed by atoms with Crippen LogP contribution in [0.15, 0.2) is 65.1 Å². The molecule has 0 amide bonds. The number of ether oxygens (including phenoxy) is 4. The van der Waals surface area contributed by atoms with Gasteiger partial charge in [0.2, 0.25) is 0 Å². The van der Waals surface area contributed by atoms with Gasteiger partial charge in [-0.2, -0.15) is 0 Å². The Kier molecular flexibility index (Phi) is 7.75. The number of rotatable bonds is 9. The van der Waals surface area contributed by atoms with E-state index in [1.165, 1.54) is 0 Å². The molecule has 0 radical (unpaired) electrons. The zero-order valence-electron chi connectivity index (χ0n) is 18.7. The SMILES string of the molecule is COc1cc(CNC(C)C(O)c2ccccc2)cc(Br)c1OCc1ccc2c(c1)OCCO2. The van der Waals surface area contributed by atoms with Crippen LogP contribution in [0.2, 0.25) is 0 Å². The number of nitrogens with one attached hydrogen (secondary N) is 1. The van der Waals surface area contributed by atoms with E-state index in [-0.39, 0.29) is 6.04 Å². The first-order chi connectivity index (χ1) is 16.0. The Labute approximate surface area is 202 Å². The highest BCUT2D eigenvalue weighted by Crippen LogP contribution is 2.38. The first-order valence-electron chi connectivity index (χ1n) is 10.9. The minimum Gasteiger partial charge on any atom is -0.493 e. The second kappa shape index (κ2) is 10.9. The maximum Gasteiger partial charge on any atom is 0.175 e. The lowest BCUT2D eigenvalue weighted by Crippen LogP contribution is -2.31. The third-order valence-electron chi connectivity index (χ3n) is 5.52. The molecule has 4 rings (SSSR count). The second-order valence-electron chi connectivity index (χ2n) is 7.90. The lowest BCUT2D eigenvalue weighted by molar-refractivity contribution is 0.135. The lowest BCUT2D eigenvalue weighted by Gasteiger charge is -2.21. The third kappa shape index (κ3) is 5.79.